The van der Waals surface area contributed by atoms with Crippen LogP contribution < -0.4 is 0 Å². The van der Waals surface area contributed by atoms with Crippen LogP contribution in [0.3, 0.4) is 0 Å². The molecule has 0 aliphatic rings. The maximum Gasteiger partial charge on any atom is 0.417 e. The lowest BCUT2D eigenvalue weighted by Crippen LogP contribution is -2.12. The highest BCUT2D eigenvalue weighted by Gasteiger charge is 2.39. The van der Waals surface area contributed by atoms with Crippen molar-refractivity contribution in [3.8, 4) is 63.0 Å². The number of hydrogen-bond acceptors (Lipinski definition) is 3. The van der Waals surface area contributed by atoms with E-state index in [1.807, 2.05) is 118 Å². The monoisotopic (exact) mass is 847 g/mol. The van der Waals surface area contributed by atoms with Crippen molar-refractivity contribution in [3.63, 3.8) is 0 Å². The molecule has 5 nitrogen and oxygen atoms in total. The topological polar surface area (TPSA) is 81.2 Å². The molecule has 0 unspecified atom stereocenters. The lowest BCUT2D eigenvalue weighted by atomic mass is 9.94. The molecule has 64 heavy (non-hydrogen) atoms. The molecule has 0 saturated carbocycles. The summed E-state index contributed by atoms with van der Waals surface area (Å²) >= 11 is 0. The van der Waals surface area contributed by atoms with Gasteiger partial charge in [0.05, 0.1) is 67.8 Å². The molecule has 0 amide bonds. The first kappa shape index (κ1) is 39.5. The van der Waals surface area contributed by atoms with Crippen LogP contribution in [0.4, 0.5) is 26.3 Å². The zero-order valence-electron chi connectivity index (χ0n) is 33.1. The number of nitrogens with zero attached hydrogens (tertiary/aromatic N) is 5. The summed E-state index contributed by atoms with van der Waals surface area (Å²) in [5, 5.41) is 33.1. The van der Waals surface area contributed by atoms with Crippen molar-refractivity contribution in [2.45, 2.75) is 12.4 Å². The molecule has 306 valence electrons. The zero-order valence-corrected chi connectivity index (χ0v) is 33.1. The van der Waals surface area contributed by atoms with Gasteiger partial charge in [-0.2, -0.15) is 42.1 Å². The van der Waals surface area contributed by atoms with E-state index in [9.17, 15) is 29.0 Å². The minimum absolute atomic E-state index is 0.0645. The Balaban J connectivity index is 1.30. The van der Waals surface area contributed by atoms with Gasteiger partial charge in [-0.3, -0.25) is 0 Å². The second-order valence-corrected chi connectivity index (χ2v) is 15.3. The van der Waals surface area contributed by atoms with Gasteiger partial charge in [0.15, 0.2) is 0 Å². The number of fused-ring (bicyclic) bond motifs is 6. The second-order valence-electron chi connectivity index (χ2n) is 15.3. The van der Waals surface area contributed by atoms with Crippen LogP contribution in [0.2, 0.25) is 0 Å². The van der Waals surface area contributed by atoms with Crippen molar-refractivity contribution in [1.82, 2.24) is 9.13 Å². The Bertz CT molecular complexity index is 3470. The van der Waals surface area contributed by atoms with Gasteiger partial charge in [-0.1, -0.05) is 78.9 Å². The number of benzene rings is 8. The van der Waals surface area contributed by atoms with Gasteiger partial charge in [-0.15, -0.1) is 0 Å². The Kier molecular flexibility index (Phi) is 9.14. The van der Waals surface area contributed by atoms with Crippen LogP contribution in [-0.4, -0.2) is 9.13 Å². The molecule has 0 spiro atoms. The van der Waals surface area contributed by atoms with E-state index < -0.39 is 29.0 Å². The predicted molar refractivity (Wildman–Crippen MR) is 236 cm³/mol. The summed E-state index contributed by atoms with van der Waals surface area (Å²) in [6.07, 6.45) is -10.2. The number of alkyl halides is 6. The quantitative estimate of drug-likeness (QED) is 0.162. The highest BCUT2D eigenvalue weighted by Crippen LogP contribution is 2.45. The molecule has 10 rings (SSSR count). The highest BCUT2D eigenvalue weighted by molar-refractivity contribution is 6.12. The molecular formula is C53H27F6N5. The number of aromatic nitrogens is 2. The number of nitriles is 3. The molecule has 8 aromatic carbocycles. The fraction of sp³-hybridized carbons (Fsp3) is 0.0377. The van der Waals surface area contributed by atoms with E-state index in [4.69, 9.17) is 0 Å². The van der Waals surface area contributed by atoms with Crippen LogP contribution in [0.25, 0.3) is 88.4 Å². The first-order valence-corrected chi connectivity index (χ1v) is 19.8. The molecule has 0 radical (unpaired) electrons. The van der Waals surface area contributed by atoms with E-state index in [0.29, 0.717) is 39.3 Å². The van der Waals surface area contributed by atoms with Crippen LogP contribution in [-0.2, 0) is 12.4 Å². The second kappa shape index (κ2) is 14.8. The largest absolute Gasteiger partial charge is 0.417 e. The summed E-state index contributed by atoms with van der Waals surface area (Å²) in [7, 11) is 0. The van der Waals surface area contributed by atoms with Gasteiger partial charge >= 0.3 is 12.4 Å². The lowest BCUT2D eigenvalue weighted by Gasteiger charge is -2.21. The summed E-state index contributed by atoms with van der Waals surface area (Å²) in [4.78, 5) is 0. The number of hydrogen-bond donors (Lipinski definition) is 0. The van der Waals surface area contributed by atoms with Crippen molar-refractivity contribution in [2.24, 2.45) is 0 Å². The number of para-hydroxylation sites is 2. The predicted octanol–water partition coefficient (Wildman–Crippen LogP) is 14.5. The van der Waals surface area contributed by atoms with Gasteiger partial charge in [-0.25, -0.2) is 0 Å². The van der Waals surface area contributed by atoms with Crippen molar-refractivity contribution < 1.29 is 26.3 Å². The molecule has 2 heterocycles. The van der Waals surface area contributed by atoms with Crippen LogP contribution in [0.5, 0.6) is 0 Å². The zero-order chi connectivity index (χ0) is 44.5. The third-order valence-electron chi connectivity index (χ3n) is 11.7. The molecule has 0 atom stereocenters. The molecule has 0 N–H and O–H groups in total. The van der Waals surface area contributed by atoms with Crippen molar-refractivity contribution in [2.75, 3.05) is 0 Å². The smallest absolute Gasteiger partial charge is 0.308 e. The van der Waals surface area contributed by atoms with E-state index in [1.54, 1.807) is 24.3 Å². The molecular weight excluding hydrogens is 821 g/mol. The standard InChI is InChI=1S/C53H27F6N5/c54-52(55,56)38-19-20-39(45(27-38)53(57,58)59)37-25-50(63-46-7-3-1-5-40(46)42-23-35(17-21-48(42)63)33-13-9-31(28-60)10-14-33)44(30-62)51(26-37)64-47-8-4-2-6-41(47)43-24-36(18-22-49(43)64)34-15-11-32(29-61)12-16-34/h1-27H. The summed E-state index contributed by atoms with van der Waals surface area (Å²) in [5.41, 5.74) is 3.88. The minimum Gasteiger partial charge on any atom is -0.308 e. The van der Waals surface area contributed by atoms with E-state index in [0.717, 1.165) is 49.9 Å². The van der Waals surface area contributed by atoms with Gasteiger partial charge in [0.25, 0.3) is 0 Å². The summed E-state index contributed by atoms with van der Waals surface area (Å²) in [6, 6.07) is 51.6. The molecule has 0 aliphatic carbocycles. The summed E-state index contributed by atoms with van der Waals surface area (Å²) in [5.74, 6) is 0. The number of rotatable bonds is 5. The van der Waals surface area contributed by atoms with Gasteiger partial charge in [-0.05, 0) is 118 Å². The van der Waals surface area contributed by atoms with E-state index in [2.05, 4.69) is 18.2 Å². The Morgan fingerprint density at radius 1 is 0.375 bits per heavy atom. The Hall–Kier alpha value is -8.59. The van der Waals surface area contributed by atoms with Crippen molar-refractivity contribution in [3.05, 3.63) is 192 Å². The molecule has 2 aromatic heterocycles. The fourth-order valence-corrected chi connectivity index (χ4v) is 8.74. The summed E-state index contributed by atoms with van der Waals surface area (Å²) < 4.78 is 90.6. The van der Waals surface area contributed by atoms with Gasteiger partial charge in [0.1, 0.15) is 11.6 Å². The number of halogens is 6. The molecule has 11 heteroatoms. The highest BCUT2D eigenvalue weighted by atomic mass is 19.4. The third-order valence-corrected chi connectivity index (χ3v) is 11.7. The average molecular weight is 848 g/mol. The Morgan fingerprint density at radius 2 is 0.812 bits per heavy atom. The van der Waals surface area contributed by atoms with Gasteiger partial charge < -0.3 is 9.13 Å². The van der Waals surface area contributed by atoms with Gasteiger partial charge in [0, 0.05) is 21.5 Å². The fourth-order valence-electron chi connectivity index (χ4n) is 8.74. The lowest BCUT2D eigenvalue weighted by molar-refractivity contribution is -0.142. The van der Waals surface area contributed by atoms with Crippen molar-refractivity contribution >= 4 is 43.6 Å². The maximum atomic E-state index is 15.0. The SMILES string of the molecule is N#Cc1ccc(-c2ccc3c(c2)c2ccccc2n3-c2cc(-c3ccc(C(F)(F)F)cc3C(F)(F)F)cc(-n3c4ccccc4c4cc(-c5ccc(C#N)cc5)ccc43)c2C#N)cc1. The van der Waals surface area contributed by atoms with Crippen LogP contribution in [0.1, 0.15) is 27.8 Å². The average Bonchev–Trinajstić information content (AvgIpc) is 3.82. The van der Waals surface area contributed by atoms with Crippen LogP contribution >= 0.6 is 0 Å². The Labute approximate surface area is 360 Å². The van der Waals surface area contributed by atoms with E-state index >= 15 is 13.2 Å². The molecule has 0 saturated heterocycles. The van der Waals surface area contributed by atoms with Crippen LogP contribution in [0, 0.1) is 34.0 Å². The minimum atomic E-state index is -5.19. The maximum absolute atomic E-state index is 15.0. The van der Waals surface area contributed by atoms with E-state index in [-0.39, 0.29) is 28.6 Å². The molecule has 0 aliphatic heterocycles. The Morgan fingerprint density at radius 3 is 1.23 bits per heavy atom. The summed E-state index contributed by atoms with van der Waals surface area (Å²) in [6.45, 7) is 0. The third kappa shape index (κ3) is 6.48. The molecule has 10 aromatic rings. The van der Waals surface area contributed by atoms with Crippen LogP contribution in [0.15, 0.2) is 164 Å². The molecule has 0 bridgehead atoms. The first-order chi connectivity index (χ1) is 30.9. The first-order valence-electron chi connectivity index (χ1n) is 19.8. The van der Waals surface area contributed by atoms with Crippen molar-refractivity contribution in [1.29, 1.82) is 15.8 Å². The molecule has 0 fully saturated rings. The normalized spacial score (nSPS) is 11.9. The van der Waals surface area contributed by atoms with E-state index in [1.165, 1.54) is 12.1 Å². The van der Waals surface area contributed by atoms with Gasteiger partial charge in [0.2, 0.25) is 0 Å².